The van der Waals surface area contributed by atoms with Gasteiger partial charge in [-0.05, 0) is 82.1 Å². The van der Waals surface area contributed by atoms with E-state index in [1.807, 2.05) is 0 Å². The molecule has 5 aromatic rings. The summed E-state index contributed by atoms with van der Waals surface area (Å²) in [6, 6.07) is 40.3. The molecule has 0 aliphatic heterocycles. The van der Waals surface area contributed by atoms with Crippen LogP contribution in [0.4, 0.5) is 11.4 Å². The van der Waals surface area contributed by atoms with E-state index in [4.69, 9.17) is 0 Å². The third-order valence-corrected chi connectivity index (χ3v) is 7.52. The quantitative estimate of drug-likeness (QED) is 0.287. The number of rotatable bonds is 2. The van der Waals surface area contributed by atoms with Gasteiger partial charge >= 0.3 is 0 Å². The summed E-state index contributed by atoms with van der Waals surface area (Å²) in [4.78, 5) is 0. The monoisotopic (exact) mass is 435 g/mol. The number of anilines is 2. The number of aryl methyl sites for hydroxylation is 2. The molecule has 2 aliphatic carbocycles. The Bertz CT molecular complexity index is 1540. The molecule has 0 amide bonds. The molecule has 0 atom stereocenters. The molecule has 0 fully saturated rings. The number of fused-ring (bicyclic) bond motifs is 10. The number of hydrogen-bond acceptors (Lipinski definition) is 1. The smallest absolute Gasteiger partial charge is 0.0726 e. The van der Waals surface area contributed by atoms with Gasteiger partial charge in [-0.2, -0.15) is 0 Å². The Morgan fingerprint density at radius 3 is 1.62 bits per heavy atom. The normalized spacial score (nSPS) is 13.8. The first-order chi connectivity index (χ1) is 16.7. The van der Waals surface area contributed by atoms with E-state index < -0.39 is 0 Å². The second-order valence-electron chi connectivity index (χ2n) is 9.62. The van der Waals surface area contributed by atoms with E-state index in [0.29, 0.717) is 0 Å². The molecule has 0 unspecified atom stereocenters. The molecule has 1 nitrogen and oxygen atoms in total. The molecule has 34 heavy (non-hydrogen) atoms. The molecule has 0 aromatic heterocycles. The van der Waals surface area contributed by atoms with Crippen molar-refractivity contribution in [2.24, 2.45) is 0 Å². The fraction of sp³-hybridized carbons (Fsp3) is 0.0909. The van der Waals surface area contributed by atoms with Crippen molar-refractivity contribution in [3.05, 3.63) is 143 Å². The van der Waals surface area contributed by atoms with E-state index in [1.165, 1.54) is 55.6 Å². The van der Waals surface area contributed by atoms with Crippen molar-refractivity contribution < 1.29 is 0 Å². The predicted molar refractivity (Wildman–Crippen MR) is 142 cm³/mol. The second kappa shape index (κ2) is 6.95. The van der Waals surface area contributed by atoms with Crippen LogP contribution in [0.25, 0.3) is 22.3 Å². The molecule has 1 spiro atoms. The number of nitrogens with one attached hydrogen (secondary N) is 1. The molecule has 5 aromatic carbocycles. The maximum absolute atomic E-state index is 3.78. The largest absolute Gasteiger partial charge is 0.355 e. The summed E-state index contributed by atoms with van der Waals surface area (Å²) in [5.74, 6) is 0. The maximum atomic E-state index is 3.78. The highest BCUT2D eigenvalue weighted by atomic mass is 14.9. The van der Waals surface area contributed by atoms with E-state index in [1.54, 1.807) is 0 Å². The van der Waals surface area contributed by atoms with Crippen molar-refractivity contribution in [3.63, 3.8) is 0 Å². The van der Waals surface area contributed by atoms with Gasteiger partial charge in [-0.15, -0.1) is 0 Å². The van der Waals surface area contributed by atoms with Crippen LogP contribution in [-0.2, 0) is 5.41 Å². The van der Waals surface area contributed by atoms with Crippen LogP contribution >= 0.6 is 0 Å². The topological polar surface area (TPSA) is 12.0 Å². The molecule has 162 valence electrons. The summed E-state index contributed by atoms with van der Waals surface area (Å²) in [5, 5.41) is 3.78. The molecule has 2 aliphatic rings. The van der Waals surface area contributed by atoms with Gasteiger partial charge < -0.3 is 5.32 Å². The minimum Gasteiger partial charge on any atom is -0.355 e. The van der Waals surface area contributed by atoms with Crippen LogP contribution < -0.4 is 5.32 Å². The van der Waals surface area contributed by atoms with Crippen molar-refractivity contribution in [3.8, 4) is 22.3 Å². The Labute approximate surface area is 200 Å². The lowest BCUT2D eigenvalue weighted by molar-refractivity contribution is 0.794. The molecular weight excluding hydrogens is 410 g/mol. The molecule has 1 N–H and O–H groups in total. The van der Waals surface area contributed by atoms with Gasteiger partial charge in [0.1, 0.15) is 0 Å². The molecule has 7 rings (SSSR count). The van der Waals surface area contributed by atoms with Gasteiger partial charge in [-0.1, -0.05) is 91.0 Å². The highest BCUT2D eigenvalue weighted by Crippen LogP contribution is 2.63. The van der Waals surface area contributed by atoms with Crippen molar-refractivity contribution in [1.82, 2.24) is 0 Å². The first-order valence-corrected chi connectivity index (χ1v) is 12.0. The number of hydrogen-bond donors (Lipinski definition) is 1. The standard InChI is InChI=1S/C33H25N/c1-21-18-22(2)20-23(19-21)34-31-17-9-16-30-32(31)26-12-5-8-15-29(26)33(30)27-13-6-3-10-24(27)25-11-4-7-14-28(25)33/h3-20,34H,1-2H3. The van der Waals surface area contributed by atoms with Gasteiger partial charge in [0.15, 0.2) is 0 Å². The van der Waals surface area contributed by atoms with Crippen LogP contribution in [0.15, 0.2) is 109 Å². The lowest BCUT2D eigenvalue weighted by atomic mass is 9.70. The predicted octanol–water partition coefficient (Wildman–Crippen LogP) is 8.39. The lowest BCUT2D eigenvalue weighted by Crippen LogP contribution is -2.25. The highest BCUT2D eigenvalue weighted by Gasteiger charge is 2.51. The maximum Gasteiger partial charge on any atom is 0.0726 e. The SMILES string of the molecule is Cc1cc(C)cc(Nc2cccc3c2-c2ccccc2C32c3ccccc3-c3ccccc32)c1. The van der Waals surface area contributed by atoms with Crippen LogP contribution in [0, 0.1) is 13.8 Å². The molecule has 0 saturated heterocycles. The van der Waals surface area contributed by atoms with Gasteiger partial charge in [0, 0.05) is 16.9 Å². The summed E-state index contributed by atoms with van der Waals surface area (Å²) in [5.41, 5.74) is 15.3. The molecular formula is C33H25N. The Morgan fingerprint density at radius 1 is 0.500 bits per heavy atom. The summed E-state index contributed by atoms with van der Waals surface area (Å²) in [6.45, 7) is 4.31. The van der Waals surface area contributed by atoms with Gasteiger partial charge in [0.25, 0.3) is 0 Å². The average Bonchev–Trinajstić information content (AvgIpc) is 3.32. The fourth-order valence-electron chi connectivity index (χ4n) is 6.45. The van der Waals surface area contributed by atoms with Crippen LogP contribution in [0.3, 0.4) is 0 Å². The molecule has 0 radical (unpaired) electrons. The highest BCUT2D eigenvalue weighted by molar-refractivity contribution is 5.99. The summed E-state index contributed by atoms with van der Waals surface area (Å²) in [6.07, 6.45) is 0. The van der Waals surface area contributed by atoms with E-state index in [2.05, 4.69) is 128 Å². The number of benzene rings is 5. The third kappa shape index (κ3) is 2.44. The lowest BCUT2D eigenvalue weighted by Gasteiger charge is -2.30. The van der Waals surface area contributed by atoms with E-state index in [-0.39, 0.29) is 5.41 Å². The zero-order chi connectivity index (χ0) is 22.9. The van der Waals surface area contributed by atoms with Crippen molar-refractivity contribution >= 4 is 11.4 Å². The van der Waals surface area contributed by atoms with E-state index >= 15 is 0 Å². The van der Waals surface area contributed by atoms with Crippen molar-refractivity contribution in [2.45, 2.75) is 19.3 Å². The van der Waals surface area contributed by atoms with E-state index in [0.717, 1.165) is 11.4 Å². The molecule has 0 bridgehead atoms. The van der Waals surface area contributed by atoms with Gasteiger partial charge in [0.2, 0.25) is 0 Å². The van der Waals surface area contributed by atoms with Crippen LogP contribution in [0.1, 0.15) is 33.4 Å². The molecule has 1 heteroatoms. The Balaban J connectivity index is 1.56. The first-order valence-electron chi connectivity index (χ1n) is 12.0. The zero-order valence-corrected chi connectivity index (χ0v) is 19.4. The molecule has 0 heterocycles. The van der Waals surface area contributed by atoms with Crippen molar-refractivity contribution in [1.29, 1.82) is 0 Å². The molecule has 0 saturated carbocycles. The van der Waals surface area contributed by atoms with Crippen molar-refractivity contribution in [2.75, 3.05) is 5.32 Å². The van der Waals surface area contributed by atoms with E-state index in [9.17, 15) is 0 Å². The van der Waals surface area contributed by atoms with Crippen LogP contribution in [-0.4, -0.2) is 0 Å². The second-order valence-corrected chi connectivity index (χ2v) is 9.62. The Morgan fingerprint density at radius 2 is 1.00 bits per heavy atom. The zero-order valence-electron chi connectivity index (χ0n) is 19.4. The first kappa shape index (κ1) is 19.4. The minimum absolute atomic E-state index is 0.292. The third-order valence-electron chi connectivity index (χ3n) is 7.52. The summed E-state index contributed by atoms with van der Waals surface area (Å²) in [7, 11) is 0. The Kier molecular flexibility index (Phi) is 3.96. The minimum atomic E-state index is -0.292. The fourth-order valence-corrected chi connectivity index (χ4v) is 6.45. The van der Waals surface area contributed by atoms with Gasteiger partial charge in [-0.3, -0.25) is 0 Å². The van der Waals surface area contributed by atoms with Gasteiger partial charge in [-0.25, -0.2) is 0 Å². The average molecular weight is 436 g/mol. The summed E-state index contributed by atoms with van der Waals surface area (Å²) >= 11 is 0. The van der Waals surface area contributed by atoms with Crippen LogP contribution in [0.2, 0.25) is 0 Å². The Hall–Kier alpha value is -4.10. The van der Waals surface area contributed by atoms with Gasteiger partial charge in [0.05, 0.1) is 5.41 Å². The summed E-state index contributed by atoms with van der Waals surface area (Å²) < 4.78 is 0. The van der Waals surface area contributed by atoms with Crippen LogP contribution in [0.5, 0.6) is 0 Å².